The molecule has 4 heteroatoms. The van der Waals surface area contributed by atoms with E-state index in [-0.39, 0.29) is 11.7 Å². The van der Waals surface area contributed by atoms with Crippen LogP contribution in [-0.2, 0) is 4.74 Å². The van der Waals surface area contributed by atoms with E-state index in [1.807, 2.05) is 0 Å². The van der Waals surface area contributed by atoms with Gasteiger partial charge >= 0.3 is 0 Å². The van der Waals surface area contributed by atoms with Crippen LogP contribution in [0.25, 0.3) is 0 Å². The summed E-state index contributed by atoms with van der Waals surface area (Å²) in [5.41, 5.74) is 0.546. The Morgan fingerprint density at radius 1 is 0.757 bits per heavy atom. The zero-order chi connectivity index (χ0) is 25.8. The fourth-order valence-corrected chi connectivity index (χ4v) is 8.41. The Morgan fingerprint density at radius 3 is 1.92 bits per heavy atom. The lowest BCUT2D eigenvalue weighted by Crippen LogP contribution is -2.37. The molecule has 0 N–H and O–H groups in total. The standard InChI is InChI=1S/C33H48F2O2/c1-3-22-5-7-25(8-6-22)28-17-19-30(37-21-28)27-15-11-24(12-16-27)23-9-13-26(14-10-23)29-18-20-31(36-4-2)33(35)32(29)34/h3,18,20,22-28,30H,1,4-17,19,21H2,2H3. The molecule has 1 aromatic rings. The molecule has 0 amide bonds. The molecule has 0 radical (unpaired) electrons. The van der Waals surface area contributed by atoms with E-state index in [2.05, 4.69) is 12.7 Å². The minimum absolute atomic E-state index is 0.0299. The van der Waals surface area contributed by atoms with E-state index in [9.17, 15) is 8.78 Å². The highest BCUT2D eigenvalue weighted by molar-refractivity contribution is 5.33. The van der Waals surface area contributed by atoms with Crippen LogP contribution >= 0.6 is 0 Å². The molecular weight excluding hydrogens is 466 g/mol. The Kier molecular flexibility index (Phi) is 9.27. The maximum atomic E-state index is 14.7. The molecule has 4 aliphatic rings. The van der Waals surface area contributed by atoms with Crippen LogP contribution in [0.2, 0.25) is 0 Å². The van der Waals surface area contributed by atoms with Crippen LogP contribution in [-0.4, -0.2) is 19.3 Å². The molecular formula is C33H48F2O2. The van der Waals surface area contributed by atoms with Crippen molar-refractivity contribution < 1.29 is 18.3 Å². The van der Waals surface area contributed by atoms with Gasteiger partial charge in [-0.2, -0.15) is 4.39 Å². The molecule has 3 aliphatic carbocycles. The van der Waals surface area contributed by atoms with Crippen LogP contribution in [0.3, 0.4) is 0 Å². The number of ether oxygens (including phenoxy) is 2. The highest BCUT2D eigenvalue weighted by Crippen LogP contribution is 2.47. The molecule has 4 fully saturated rings. The zero-order valence-corrected chi connectivity index (χ0v) is 22.9. The summed E-state index contributed by atoms with van der Waals surface area (Å²) in [4.78, 5) is 0. The number of benzene rings is 1. The van der Waals surface area contributed by atoms with Crippen molar-refractivity contribution in [1.82, 2.24) is 0 Å². The Bertz CT molecular complexity index is 869. The third kappa shape index (κ3) is 6.26. The highest BCUT2D eigenvalue weighted by Gasteiger charge is 2.37. The van der Waals surface area contributed by atoms with Crippen LogP contribution in [0.4, 0.5) is 8.78 Å². The van der Waals surface area contributed by atoms with Gasteiger partial charge in [0, 0.05) is 0 Å². The zero-order valence-electron chi connectivity index (χ0n) is 22.9. The van der Waals surface area contributed by atoms with Crippen LogP contribution in [0.15, 0.2) is 24.8 Å². The SMILES string of the molecule is C=CC1CCC(C2CCC(C3CCC(C4CCC(c5ccc(OCC)c(F)c5F)CC4)CC3)OC2)CC1. The number of allylic oxidation sites excluding steroid dienone is 1. The van der Waals surface area contributed by atoms with Crippen molar-refractivity contribution in [2.75, 3.05) is 13.2 Å². The van der Waals surface area contributed by atoms with Gasteiger partial charge in [0.25, 0.3) is 0 Å². The number of hydrogen-bond acceptors (Lipinski definition) is 2. The minimum atomic E-state index is -0.823. The molecule has 0 bridgehead atoms. The van der Waals surface area contributed by atoms with Crippen molar-refractivity contribution in [2.24, 2.45) is 35.5 Å². The van der Waals surface area contributed by atoms with Crippen molar-refractivity contribution in [3.8, 4) is 5.75 Å². The summed E-state index contributed by atoms with van der Waals surface area (Å²) >= 11 is 0. The first-order valence-corrected chi connectivity index (χ1v) is 15.4. The van der Waals surface area contributed by atoms with Gasteiger partial charge in [0.15, 0.2) is 11.6 Å². The lowest BCUT2D eigenvalue weighted by Gasteiger charge is -2.43. The molecule has 0 spiro atoms. The molecule has 2 atom stereocenters. The second-order valence-electron chi connectivity index (χ2n) is 12.6. The molecule has 0 aromatic heterocycles. The first kappa shape index (κ1) is 27.2. The summed E-state index contributed by atoms with van der Waals surface area (Å²) in [6.45, 7) is 7.11. The summed E-state index contributed by atoms with van der Waals surface area (Å²) in [6, 6.07) is 3.36. The Labute approximate surface area is 223 Å². The summed E-state index contributed by atoms with van der Waals surface area (Å²) < 4.78 is 40.9. The smallest absolute Gasteiger partial charge is 0.200 e. The minimum Gasteiger partial charge on any atom is -0.491 e. The number of rotatable bonds is 7. The molecule has 1 aromatic carbocycles. The first-order chi connectivity index (χ1) is 18.1. The summed E-state index contributed by atoms with van der Waals surface area (Å²) in [5, 5.41) is 0. The quantitative estimate of drug-likeness (QED) is 0.338. The number of hydrogen-bond donors (Lipinski definition) is 0. The normalized spacial score (nSPS) is 37.2. The van der Waals surface area contributed by atoms with E-state index < -0.39 is 11.6 Å². The average Bonchev–Trinajstić information content (AvgIpc) is 2.96. The van der Waals surface area contributed by atoms with E-state index in [4.69, 9.17) is 9.47 Å². The maximum Gasteiger partial charge on any atom is 0.200 e. The lowest BCUT2D eigenvalue weighted by atomic mass is 9.67. The van der Waals surface area contributed by atoms with Gasteiger partial charge in [0.2, 0.25) is 5.82 Å². The summed E-state index contributed by atoms with van der Waals surface area (Å²) in [6.07, 6.45) is 20.1. The van der Waals surface area contributed by atoms with Gasteiger partial charge in [-0.15, -0.1) is 6.58 Å². The summed E-state index contributed by atoms with van der Waals surface area (Å²) in [5.74, 6) is 3.32. The highest BCUT2D eigenvalue weighted by atomic mass is 19.2. The van der Waals surface area contributed by atoms with Crippen LogP contribution in [0.5, 0.6) is 5.75 Å². The van der Waals surface area contributed by atoms with Crippen molar-refractivity contribution in [3.63, 3.8) is 0 Å². The van der Waals surface area contributed by atoms with Gasteiger partial charge < -0.3 is 9.47 Å². The maximum absolute atomic E-state index is 14.7. The average molecular weight is 515 g/mol. The molecule has 1 heterocycles. The van der Waals surface area contributed by atoms with Crippen molar-refractivity contribution in [3.05, 3.63) is 42.0 Å². The van der Waals surface area contributed by atoms with Gasteiger partial charge in [-0.05, 0) is 150 Å². The summed E-state index contributed by atoms with van der Waals surface area (Å²) in [7, 11) is 0. The van der Waals surface area contributed by atoms with E-state index in [1.54, 1.807) is 19.1 Å². The molecule has 2 nitrogen and oxygen atoms in total. The monoisotopic (exact) mass is 514 g/mol. The second-order valence-corrected chi connectivity index (χ2v) is 12.6. The molecule has 1 aliphatic heterocycles. The Morgan fingerprint density at radius 2 is 1.32 bits per heavy atom. The van der Waals surface area contributed by atoms with E-state index in [0.717, 1.165) is 67.8 Å². The van der Waals surface area contributed by atoms with E-state index in [1.165, 1.54) is 64.2 Å². The Hall–Kier alpha value is -1.42. The van der Waals surface area contributed by atoms with Crippen molar-refractivity contribution in [2.45, 2.75) is 109 Å². The molecule has 2 unspecified atom stereocenters. The van der Waals surface area contributed by atoms with Crippen molar-refractivity contribution in [1.29, 1.82) is 0 Å². The molecule has 37 heavy (non-hydrogen) atoms. The van der Waals surface area contributed by atoms with Crippen LogP contribution in [0.1, 0.15) is 108 Å². The van der Waals surface area contributed by atoms with Gasteiger partial charge in [-0.3, -0.25) is 0 Å². The topological polar surface area (TPSA) is 18.5 Å². The Balaban J connectivity index is 1.04. The first-order valence-electron chi connectivity index (χ1n) is 15.4. The van der Waals surface area contributed by atoms with E-state index in [0.29, 0.717) is 18.3 Å². The van der Waals surface area contributed by atoms with Crippen molar-refractivity contribution >= 4 is 0 Å². The lowest BCUT2D eigenvalue weighted by molar-refractivity contribution is -0.0752. The van der Waals surface area contributed by atoms with Crippen LogP contribution in [0, 0.1) is 47.1 Å². The molecule has 5 rings (SSSR count). The van der Waals surface area contributed by atoms with E-state index >= 15 is 0 Å². The predicted octanol–water partition coefficient (Wildman–Crippen LogP) is 9.23. The molecule has 206 valence electrons. The number of halogens is 2. The predicted molar refractivity (Wildman–Crippen MR) is 146 cm³/mol. The molecule has 1 saturated heterocycles. The van der Waals surface area contributed by atoms with Gasteiger partial charge in [0.05, 0.1) is 19.3 Å². The van der Waals surface area contributed by atoms with Gasteiger partial charge in [0.1, 0.15) is 0 Å². The van der Waals surface area contributed by atoms with Crippen LogP contribution < -0.4 is 4.74 Å². The largest absolute Gasteiger partial charge is 0.491 e. The third-order valence-electron chi connectivity index (χ3n) is 10.8. The third-order valence-corrected chi connectivity index (χ3v) is 10.8. The van der Waals surface area contributed by atoms with Gasteiger partial charge in [-0.25, -0.2) is 4.39 Å². The molecule has 3 saturated carbocycles. The fraction of sp³-hybridized carbons (Fsp3) is 0.758. The van der Waals surface area contributed by atoms with Gasteiger partial charge in [-0.1, -0.05) is 12.1 Å². The second kappa shape index (κ2) is 12.6. The fourth-order valence-electron chi connectivity index (χ4n) is 8.41.